The van der Waals surface area contributed by atoms with Crippen molar-refractivity contribution in [3.8, 4) is 0 Å². The molecule has 0 aliphatic heterocycles. The smallest absolute Gasteiger partial charge is 0.180 e. The van der Waals surface area contributed by atoms with Crippen LogP contribution in [0, 0.1) is 0 Å². The van der Waals surface area contributed by atoms with E-state index < -0.39 is 9.84 Å². The van der Waals surface area contributed by atoms with Gasteiger partial charge in [0.1, 0.15) is 0 Å². The van der Waals surface area contributed by atoms with Gasteiger partial charge in [0.15, 0.2) is 9.84 Å². The fourth-order valence-electron chi connectivity index (χ4n) is 2.01. The number of rotatable bonds is 5. The molecule has 0 N–H and O–H groups in total. The highest BCUT2D eigenvalue weighted by molar-refractivity contribution is 9.10. The van der Waals surface area contributed by atoms with Crippen molar-refractivity contribution in [3.05, 3.63) is 64.6 Å². The molecular weight excluding hydrogens is 404 g/mol. The van der Waals surface area contributed by atoms with Gasteiger partial charge in [0.2, 0.25) is 0 Å². The van der Waals surface area contributed by atoms with Gasteiger partial charge in [0, 0.05) is 15.7 Å². The van der Waals surface area contributed by atoms with Crippen LogP contribution >= 0.6 is 31.9 Å². The first-order valence-electron chi connectivity index (χ1n) is 6.13. The quantitative estimate of drug-likeness (QED) is 0.675. The summed E-state index contributed by atoms with van der Waals surface area (Å²) in [5.41, 5.74) is 1.03. The van der Waals surface area contributed by atoms with Gasteiger partial charge < -0.3 is 0 Å². The van der Waals surface area contributed by atoms with Crippen molar-refractivity contribution in [1.29, 1.82) is 0 Å². The van der Waals surface area contributed by atoms with E-state index in [1.54, 1.807) is 18.2 Å². The van der Waals surface area contributed by atoms with E-state index in [9.17, 15) is 8.42 Å². The Morgan fingerprint density at radius 1 is 0.950 bits per heavy atom. The molecule has 0 aromatic heterocycles. The zero-order valence-electron chi connectivity index (χ0n) is 10.7. The number of halogens is 2. The van der Waals surface area contributed by atoms with Crippen LogP contribution in [-0.4, -0.2) is 19.5 Å². The SMILES string of the molecule is O=S(=O)(CC(CBr)c1ccccc1)c1ccccc1Br. The minimum atomic E-state index is -3.33. The Kier molecular flexibility index (Phi) is 5.41. The van der Waals surface area contributed by atoms with Crippen molar-refractivity contribution in [2.24, 2.45) is 0 Å². The molecule has 1 unspecified atom stereocenters. The molecule has 2 nitrogen and oxygen atoms in total. The van der Waals surface area contributed by atoms with Crippen LogP contribution in [0.3, 0.4) is 0 Å². The number of sulfone groups is 1. The van der Waals surface area contributed by atoms with E-state index in [-0.39, 0.29) is 11.7 Å². The maximum atomic E-state index is 12.5. The lowest BCUT2D eigenvalue weighted by molar-refractivity contribution is 0.590. The van der Waals surface area contributed by atoms with Crippen LogP contribution < -0.4 is 0 Å². The second-order valence-corrected chi connectivity index (χ2v) is 7.98. The molecule has 0 fully saturated rings. The highest BCUT2D eigenvalue weighted by Gasteiger charge is 2.23. The van der Waals surface area contributed by atoms with E-state index in [0.29, 0.717) is 14.7 Å². The third-order valence-corrected chi connectivity index (χ3v) is 6.65. The number of benzene rings is 2. The van der Waals surface area contributed by atoms with E-state index in [1.165, 1.54) is 0 Å². The highest BCUT2D eigenvalue weighted by Crippen LogP contribution is 2.27. The van der Waals surface area contributed by atoms with E-state index in [2.05, 4.69) is 31.9 Å². The maximum Gasteiger partial charge on any atom is 0.180 e. The summed E-state index contributed by atoms with van der Waals surface area (Å²) < 4.78 is 25.7. The fourth-order valence-corrected chi connectivity index (χ4v) is 5.61. The Morgan fingerprint density at radius 3 is 2.15 bits per heavy atom. The molecule has 5 heteroatoms. The van der Waals surface area contributed by atoms with Gasteiger partial charge in [-0.05, 0) is 33.6 Å². The van der Waals surface area contributed by atoms with Gasteiger partial charge in [0.05, 0.1) is 10.6 Å². The fraction of sp³-hybridized carbons (Fsp3) is 0.200. The van der Waals surface area contributed by atoms with E-state index in [4.69, 9.17) is 0 Å². The molecule has 106 valence electrons. The molecule has 0 saturated heterocycles. The Labute approximate surface area is 136 Å². The largest absolute Gasteiger partial charge is 0.224 e. The summed E-state index contributed by atoms with van der Waals surface area (Å²) in [6.45, 7) is 0. The molecule has 2 aromatic rings. The normalized spacial score (nSPS) is 13.1. The standard InChI is InChI=1S/C15H14Br2O2S/c16-10-13(12-6-2-1-3-7-12)11-20(18,19)15-9-5-4-8-14(15)17/h1-9,13H,10-11H2. The van der Waals surface area contributed by atoms with Gasteiger partial charge in [-0.1, -0.05) is 58.4 Å². The summed E-state index contributed by atoms with van der Waals surface area (Å²) in [7, 11) is -3.33. The minimum absolute atomic E-state index is 0.0618. The lowest BCUT2D eigenvalue weighted by Gasteiger charge is -2.15. The van der Waals surface area contributed by atoms with Gasteiger partial charge >= 0.3 is 0 Å². The van der Waals surface area contributed by atoms with E-state index in [0.717, 1.165) is 5.56 Å². The monoisotopic (exact) mass is 416 g/mol. The van der Waals surface area contributed by atoms with Gasteiger partial charge in [-0.3, -0.25) is 0 Å². The summed E-state index contributed by atoms with van der Waals surface area (Å²) in [5, 5.41) is 0.612. The Hall–Kier alpha value is -0.650. The van der Waals surface area contributed by atoms with Crippen molar-refractivity contribution in [2.75, 3.05) is 11.1 Å². The maximum absolute atomic E-state index is 12.5. The Morgan fingerprint density at radius 2 is 1.55 bits per heavy atom. The molecule has 0 heterocycles. The van der Waals surface area contributed by atoms with Crippen LogP contribution in [0.1, 0.15) is 11.5 Å². The van der Waals surface area contributed by atoms with Crippen LogP contribution in [0.4, 0.5) is 0 Å². The van der Waals surface area contributed by atoms with E-state index >= 15 is 0 Å². The van der Waals surface area contributed by atoms with Crippen LogP contribution in [-0.2, 0) is 9.84 Å². The highest BCUT2D eigenvalue weighted by atomic mass is 79.9. The summed E-state index contributed by atoms with van der Waals surface area (Å²) >= 11 is 6.73. The number of hydrogen-bond donors (Lipinski definition) is 0. The molecule has 20 heavy (non-hydrogen) atoms. The number of alkyl halides is 1. The first kappa shape index (κ1) is 15.7. The molecule has 0 saturated carbocycles. The topological polar surface area (TPSA) is 34.1 Å². The zero-order chi connectivity index (χ0) is 14.6. The number of hydrogen-bond acceptors (Lipinski definition) is 2. The van der Waals surface area contributed by atoms with Crippen molar-refractivity contribution in [3.63, 3.8) is 0 Å². The van der Waals surface area contributed by atoms with Crippen LogP contribution in [0.15, 0.2) is 64.0 Å². The van der Waals surface area contributed by atoms with Crippen molar-refractivity contribution >= 4 is 41.7 Å². The molecule has 0 spiro atoms. The molecular formula is C15H14Br2O2S. The third-order valence-electron chi connectivity index (χ3n) is 3.05. The van der Waals surface area contributed by atoms with Crippen LogP contribution in [0.25, 0.3) is 0 Å². The van der Waals surface area contributed by atoms with Gasteiger partial charge in [-0.15, -0.1) is 0 Å². The van der Waals surface area contributed by atoms with Gasteiger partial charge in [0.25, 0.3) is 0 Å². The zero-order valence-corrected chi connectivity index (χ0v) is 14.7. The van der Waals surface area contributed by atoms with Crippen LogP contribution in [0.2, 0.25) is 0 Å². The first-order valence-corrected chi connectivity index (χ1v) is 9.69. The van der Waals surface area contributed by atoms with Crippen molar-refractivity contribution in [2.45, 2.75) is 10.8 Å². The molecule has 0 aliphatic rings. The summed E-state index contributed by atoms with van der Waals surface area (Å²) in [5.74, 6) is 0.0264. The first-order chi connectivity index (χ1) is 9.54. The second kappa shape index (κ2) is 6.87. The summed E-state index contributed by atoms with van der Waals surface area (Å²) in [6.07, 6.45) is 0. The van der Waals surface area contributed by atoms with Gasteiger partial charge in [-0.25, -0.2) is 8.42 Å². The van der Waals surface area contributed by atoms with Crippen molar-refractivity contribution < 1.29 is 8.42 Å². The molecule has 0 bridgehead atoms. The predicted molar refractivity (Wildman–Crippen MR) is 89.2 cm³/mol. The average Bonchev–Trinajstić information content (AvgIpc) is 2.46. The third kappa shape index (κ3) is 3.71. The molecule has 0 aliphatic carbocycles. The molecule has 1 atom stereocenters. The lowest BCUT2D eigenvalue weighted by Crippen LogP contribution is -2.16. The van der Waals surface area contributed by atoms with Gasteiger partial charge in [-0.2, -0.15) is 0 Å². The second-order valence-electron chi connectivity index (χ2n) is 4.47. The average molecular weight is 418 g/mol. The molecule has 0 amide bonds. The lowest BCUT2D eigenvalue weighted by atomic mass is 10.0. The Bertz CT molecular complexity index is 669. The van der Waals surface area contributed by atoms with Crippen molar-refractivity contribution in [1.82, 2.24) is 0 Å². The molecule has 2 rings (SSSR count). The molecule has 2 aromatic carbocycles. The van der Waals surface area contributed by atoms with E-state index in [1.807, 2.05) is 36.4 Å². The summed E-state index contributed by atoms with van der Waals surface area (Å²) in [6, 6.07) is 16.6. The van der Waals surface area contributed by atoms with Crippen LogP contribution in [0.5, 0.6) is 0 Å². The minimum Gasteiger partial charge on any atom is -0.224 e. The Balaban J connectivity index is 2.30. The summed E-state index contributed by atoms with van der Waals surface area (Å²) in [4.78, 5) is 0.349. The predicted octanol–water partition coefficient (Wildman–Crippen LogP) is 4.40. The molecule has 0 radical (unpaired) electrons.